The first kappa shape index (κ1) is 30.2. The molecule has 0 amide bonds. The molecule has 4 N–H and O–H groups in total. The highest BCUT2D eigenvalue weighted by atomic mass is 32.2. The molecule has 0 aliphatic carbocycles. The van der Waals surface area contributed by atoms with Crippen LogP contribution >= 0.6 is 9.39 Å². The quantitative estimate of drug-likeness (QED) is 0.122. The number of H-pyrrole nitrogens is 2. The number of nitrogens with zero attached hydrogens (tertiary/aromatic N) is 4. The fourth-order valence-electron chi connectivity index (χ4n) is 5.30. The number of para-hydroxylation sites is 1. The first-order valence-corrected chi connectivity index (χ1v) is 16.9. The van der Waals surface area contributed by atoms with E-state index in [1.54, 1.807) is 12.4 Å². The molecule has 8 nitrogen and oxygen atoms in total. The van der Waals surface area contributed by atoms with E-state index in [4.69, 9.17) is 9.97 Å². The first-order chi connectivity index (χ1) is 21.3. The Morgan fingerprint density at radius 2 is 1.78 bits per heavy atom. The van der Waals surface area contributed by atoms with Gasteiger partial charge in [-0.2, -0.15) is 14.5 Å². The molecule has 0 bridgehead atoms. The Hall–Kier alpha value is -4.80. The van der Waals surface area contributed by atoms with Crippen molar-refractivity contribution in [2.75, 3.05) is 11.6 Å². The number of rotatable bonds is 9. The van der Waals surface area contributed by atoms with Crippen LogP contribution in [-0.2, 0) is 6.54 Å². The number of imidazole rings is 1. The summed E-state index contributed by atoms with van der Waals surface area (Å²) in [5.41, 5.74) is 9.45. The van der Waals surface area contributed by atoms with Gasteiger partial charge in [-0.1, -0.05) is 51.2 Å². The van der Waals surface area contributed by atoms with Gasteiger partial charge in [-0.25, -0.2) is 14.4 Å². The molecular formula is C35H37FN8S. The number of benzene rings is 2. The minimum Gasteiger partial charge on any atom is -0.358 e. The molecule has 4 aromatic heterocycles. The van der Waals surface area contributed by atoms with Crippen molar-refractivity contribution in [3.8, 4) is 33.9 Å². The Morgan fingerprint density at radius 1 is 0.956 bits per heavy atom. The van der Waals surface area contributed by atoms with Crippen LogP contribution in [0.4, 0.5) is 10.1 Å². The van der Waals surface area contributed by atoms with E-state index >= 15 is 0 Å². The molecule has 6 rings (SSSR count). The second kappa shape index (κ2) is 11.6. The summed E-state index contributed by atoms with van der Waals surface area (Å²) in [6.45, 7) is 11.2. The largest absolute Gasteiger partial charge is 0.358 e. The van der Waals surface area contributed by atoms with E-state index in [2.05, 4.69) is 69.3 Å². The van der Waals surface area contributed by atoms with E-state index < -0.39 is 9.39 Å². The molecule has 10 heteroatoms. The number of aromatic nitrogens is 6. The SMILES string of the molecule is C=C(CC(C)(C)C)Nc1cncc(-c2ccc3[nH]nc(-c4nc5c(-c6cc(F)cc(CNS(=C)(=C)C)c6)cccc5[nH]4)c3n2)c1. The topological polar surface area (TPSA) is 107 Å². The van der Waals surface area contributed by atoms with Gasteiger partial charge in [-0.05, 0) is 71.7 Å². The van der Waals surface area contributed by atoms with Crippen LogP contribution in [0.3, 0.4) is 0 Å². The molecule has 230 valence electrons. The predicted octanol–water partition coefficient (Wildman–Crippen LogP) is 8.03. The van der Waals surface area contributed by atoms with Crippen molar-refractivity contribution in [1.29, 1.82) is 0 Å². The number of aromatic amines is 2. The molecule has 2 aromatic carbocycles. The van der Waals surface area contributed by atoms with E-state index in [-0.39, 0.29) is 11.2 Å². The molecule has 0 spiro atoms. The minimum atomic E-state index is -1.44. The summed E-state index contributed by atoms with van der Waals surface area (Å²) in [7, 11) is -1.44. The van der Waals surface area contributed by atoms with Gasteiger partial charge in [0.25, 0.3) is 0 Å². The van der Waals surface area contributed by atoms with E-state index in [9.17, 15) is 4.39 Å². The van der Waals surface area contributed by atoms with Crippen LogP contribution in [0.2, 0.25) is 0 Å². The van der Waals surface area contributed by atoms with E-state index in [0.29, 0.717) is 29.1 Å². The molecule has 0 aliphatic heterocycles. The smallest absolute Gasteiger partial charge is 0.161 e. The number of hydrogen-bond acceptors (Lipinski definition) is 6. The van der Waals surface area contributed by atoms with Crippen molar-refractivity contribution in [2.45, 2.75) is 33.7 Å². The zero-order valence-corrected chi connectivity index (χ0v) is 26.8. The summed E-state index contributed by atoms with van der Waals surface area (Å²) in [6.07, 6.45) is 6.36. The van der Waals surface area contributed by atoms with E-state index in [0.717, 1.165) is 56.8 Å². The van der Waals surface area contributed by atoms with Crippen LogP contribution in [0.25, 0.3) is 56.0 Å². The monoisotopic (exact) mass is 620 g/mol. The molecule has 0 aliphatic rings. The lowest BCUT2D eigenvalue weighted by Crippen LogP contribution is -2.10. The molecule has 0 saturated heterocycles. The van der Waals surface area contributed by atoms with Crippen LogP contribution in [0.5, 0.6) is 0 Å². The minimum absolute atomic E-state index is 0.122. The number of halogens is 1. The van der Waals surface area contributed by atoms with Gasteiger partial charge in [0.1, 0.15) is 11.3 Å². The standard InChI is InChI=1S/C35H37FN8S/c1-21(17-35(2,3)4)39-26-16-24(19-37-20-26)28-11-12-30-32(40-28)33(44-43-30)34-41-29-10-8-9-27(31(29)42-34)23-13-22(14-25(36)15-23)18-38-45(5,6)7/h8-16,19-20,38-39H,1,5-6,17-18H2,2-4,7H3,(H,41,42)(H,43,44). The Balaban J connectivity index is 1.34. The highest BCUT2D eigenvalue weighted by Crippen LogP contribution is 2.33. The lowest BCUT2D eigenvalue weighted by molar-refractivity contribution is 0.411. The van der Waals surface area contributed by atoms with E-state index in [1.165, 1.54) is 12.1 Å². The van der Waals surface area contributed by atoms with Gasteiger partial charge in [-0.3, -0.25) is 14.8 Å². The number of anilines is 1. The van der Waals surface area contributed by atoms with Crippen molar-refractivity contribution < 1.29 is 4.39 Å². The summed E-state index contributed by atoms with van der Waals surface area (Å²) >= 11 is 0. The highest BCUT2D eigenvalue weighted by molar-refractivity contribution is 8.25. The predicted molar refractivity (Wildman–Crippen MR) is 189 cm³/mol. The molecule has 0 fully saturated rings. The summed E-state index contributed by atoms with van der Waals surface area (Å²) in [5.74, 6) is 8.36. The normalized spacial score (nSPS) is 12.2. The molecule has 0 saturated carbocycles. The van der Waals surface area contributed by atoms with Crippen molar-refractivity contribution >= 4 is 48.9 Å². The number of hydrogen-bond donors (Lipinski definition) is 4. The first-order valence-electron chi connectivity index (χ1n) is 14.5. The van der Waals surface area contributed by atoms with Crippen LogP contribution in [-0.4, -0.2) is 48.1 Å². The summed E-state index contributed by atoms with van der Waals surface area (Å²) in [5, 5.41) is 11.0. The second-order valence-corrected chi connectivity index (χ2v) is 15.7. The van der Waals surface area contributed by atoms with Gasteiger partial charge in [0, 0.05) is 29.6 Å². The van der Waals surface area contributed by atoms with Crippen LogP contribution in [0, 0.1) is 11.2 Å². The third kappa shape index (κ3) is 6.97. The van der Waals surface area contributed by atoms with Gasteiger partial charge in [0.05, 0.1) is 34.1 Å². The summed E-state index contributed by atoms with van der Waals surface area (Å²) in [4.78, 5) is 17.7. The third-order valence-electron chi connectivity index (χ3n) is 7.14. The van der Waals surface area contributed by atoms with Crippen molar-refractivity contribution in [3.05, 3.63) is 90.6 Å². The Bertz CT molecular complexity index is 2170. The van der Waals surface area contributed by atoms with Gasteiger partial charge in [-0.15, -0.1) is 0 Å². The maximum Gasteiger partial charge on any atom is 0.161 e. The fourth-order valence-corrected chi connectivity index (χ4v) is 5.82. The number of allylic oxidation sites excluding steroid dienone is 1. The molecule has 0 atom stereocenters. The Labute approximate surface area is 262 Å². The summed E-state index contributed by atoms with van der Waals surface area (Å²) in [6, 6.07) is 16.8. The molecule has 0 unspecified atom stereocenters. The van der Waals surface area contributed by atoms with Crippen LogP contribution in [0.1, 0.15) is 32.8 Å². The van der Waals surface area contributed by atoms with Crippen LogP contribution < -0.4 is 10.0 Å². The van der Waals surface area contributed by atoms with Crippen molar-refractivity contribution in [1.82, 2.24) is 34.9 Å². The molecule has 4 heterocycles. The summed E-state index contributed by atoms with van der Waals surface area (Å²) < 4.78 is 18.0. The average Bonchev–Trinajstić information content (AvgIpc) is 3.58. The Morgan fingerprint density at radius 3 is 2.56 bits per heavy atom. The zero-order valence-electron chi connectivity index (χ0n) is 26.0. The second-order valence-electron chi connectivity index (χ2n) is 12.8. The maximum atomic E-state index is 14.8. The number of fused-ring (bicyclic) bond motifs is 2. The van der Waals surface area contributed by atoms with E-state index in [1.807, 2.05) is 48.7 Å². The van der Waals surface area contributed by atoms with Gasteiger partial charge < -0.3 is 10.3 Å². The number of pyridine rings is 2. The van der Waals surface area contributed by atoms with Crippen molar-refractivity contribution in [3.63, 3.8) is 0 Å². The highest BCUT2D eigenvalue weighted by Gasteiger charge is 2.18. The maximum absolute atomic E-state index is 14.8. The van der Waals surface area contributed by atoms with Crippen molar-refractivity contribution in [2.24, 2.45) is 5.41 Å². The lowest BCUT2D eigenvalue weighted by atomic mass is 9.91. The number of nitrogens with one attached hydrogen (secondary N) is 4. The molecular weight excluding hydrogens is 584 g/mol. The molecule has 0 radical (unpaired) electrons. The van der Waals surface area contributed by atoms with Gasteiger partial charge >= 0.3 is 0 Å². The zero-order chi connectivity index (χ0) is 31.9. The average molecular weight is 621 g/mol. The Kier molecular flexibility index (Phi) is 7.80. The molecule has 6 aromatic rings. The van der Waals surface area contributed by atoms with Crippen LogP contribution in [0.15, 0.2) is 79.3 Å². The lowest BCUT2D eigenvalue weighted by Gasteiger charge is -2.20. The van der Waals surface area contributed by atoms with Gasteiger partial charge in [0.2, 0.25) is 0 Å². The molecule has 45 heavy (non-hydrogen) atoms. The fraction of sp³-hybridized carbons (Fsp3) is 0.200. The third-order valence-corrected chi connectivity index (χ3v) is 7.98. The van der Waals surface area contributed by atoms with Gasteiger partial charge in [0.15, 0.2) is 11.5 Å².